The van der Waals surface area contributed by atoms with Crippen LogP contribution in [-0.4, -0.2) is 26.6 Å². The molecule has 2 amide bonds. The fourth-order valence-corrected chi connectivity index (χ4v) is 2.32. The second-order valence-electron chi connectivity index (χ2n) is 5.33. The summed E-state index contributed by atoms with van der Waals surface area (Å²) in [6.45, 7) is 1.39. The minimum absolute atomic E-state index is 0.210. The van der Waals surface area contributed by atoms with Gasteiger partial charge in [0.05, 0.1) is 6.20 Å². The lowest BCUT2D eigenvalue weighted by Gasteiger charge is -2.10. The van der Waals surface area contributed by atoms with E-state index in [1.807, 2.05) is 6.07 Å². The maximum absolute atomic E-state index is 12.6. The molecule has 1 aromatic carbocycles. The summed E-state index contributed by atoms with van der Waals surface area (Å²) in [7, 11) is 0. The second-order valence-corrected chi connectivity index (χ2v) is 5.33. The normalized spacial score (nSPS) is 10.0. The average molecular weight is 346 g/mol. The molecule has 2 heterocycles. The van der Waals surface area contributed by atoms with E-state index >= 15 is 0 Å². The van der Waals surface area contributed by atoms with Crippen LogP contribution in [0.15, 0.2) is 54.9 Å². The highest BCUT2D eigenvalue weighted by Gasteiger charge is 2.17. The van der Waals surface area contributed by atoms with Gasteiger partial charge in [-0.1, -0.05) is 12.1 Å². The number of carbonyl (C=O) groups excluding carboxylic acids is 2. The van der Waals surface area contributed by atoms with E-state index in [4.69, 9.17) is 0 Å². The number of nitrogens with one attached hydrogen (secondary N) is 2. The van der Waals surface area contributed by atoms with Crippen LogP contribution in [0.5, 0.6) is 0 Å². The van der Waals surface area contributed by atoms with Gasteiger partial charge in [0, 0.05) is 24.4 Å². The third-order valence-corrected chi connectivity index (χ3v) is 3.43. The lowest BCUT2D eigenvalue weighted by molar-refractivity contribution is -0.114. The number of benzene rings is 1. The fourth-order valence-electron chi connectivity index (χ4n) is 2.32. The van der Waals surface area contributed by atoms with Crippen LogP contribution in [0.2, 0.25) is 0 Å². The van der Waals surface area contributed by atoms with Crippen molar-refractivity contribution in [1.29, 1.82) is 5.26 Å². The van der Waals surface area contributed by atoms with Crippen LogP contribution >= 0.6 is 0 Å². The van der Waals surface area contributed by atoms with Crippen LogP contribution in [0.3, 0.4) is 0 Å². The van der Waals surface area contributed by atoms with E-state index in [0.717, 1.165) is 0 Å². The van der Waals surface area contributed by atoms with E-state index in [1.165, 1.54) is 17.8 Å². The molecule has 3 aromatic rings. The molecule has 128 valence electrons. The van der Waals surface area contributed by atoms with Gasteiger partial charge in [-0.15, -0.1) is 0 Å². The van der Waals surface area contributed by atoms with Crippen molar-refractivity contribution in [1.82, 2.24) is 14.8 Å². The number of anilines is 2. The summed E-state index contributed by atoms with van der Waals surface area (Å²) in [5.74, 6) is 0.0198. The van der Waals surface area contributed by atoms with Crippen molar-refractivity contribution in [3.05, 3.63) is 66.0 Å². The molecule has 2 aromatic heterocycles. The molecule has 0 bridgehead atoms. The minimum atomic E-state index is -0.439. The van der Waals surface area contributed by atoms with Crippen LogP contribution in [0.25, 0.3) is 5.82 Å². The van der Waals surface area contributed by atoms with Gasteiger partial charge in [-0.05, 0) is 30.3 Å². The smallest absolute Gasteiger partial charge is 0.256 e. The number of hydrogen-bond acceptors (Lipinski definition) is 5. The van der Waals surface area contributed by atoms with Gasteiger partial charge in [0.25, 0.3) is 5.91 Å². The molecule has 8 heteroatoms. The molecule has 2 N–H and O–H groups in total. The van der Waals surface area contributed by atoms with E-state index in [9.17, 15) is 14.9 Å². The van der Waals surface area contributed by atoms with E-state index in [1.54, 1.807) is 48.7 Å². The van der Waals surface area contributed by atoms with Gasteiger partial charge in [-0.2, -0.15) is 15.0 Å². The number of nitrogens with zero attached hydrogens (tertiary/aromatic N) is 4. The first-order chi connectivity index (χ1) is 12.6. The molecule has 0 aliphatic rings. The molecule has 8 nitrogen and oxygen atoms in total. The largest absolute Gasteiger partial charge is 0.326 e. The van der Waals surface area contributed by atoms with Crippen LogP contribution in [0.1, 0.15) is 22.8 Å². The third kappa shape index (κ3) is 3.57. The molecule has 26 heavy (non-hydrogen) atoms. The Hall–Kier alpha value is -3.99. The van der Waals surface area contributed by atoms with Gasteiger partial charge in [-0.3, -0.25) is 9.59 Å². The summed E-state index contributed by atoms with van der Waals surface area (Å²) in [6.07, 6.45) is 2.95. The summed E-state index contributed by atoms with van der Waals surface area (Å²) in [5.41, 5.74) is 1.04. The van der Waals surface area contributed by atoms with Gasteiger partial charge in [-0.25, -0.2) is 4.98 Å². The van der Waals surface area contributed by atoms with Crippen molar-refractivity contribution in [3.8, 4) is 11.9 Å². The average Bonchev–Trinajstić information content (AvgIpc) is 3.04. The standard InChI is InChI=1S/C18H14N6O2/c1-12(25)22-15-6-4-5-13(9-15)18(26)23-17-14(10-19)11-21-24(17)16-7-2-3-8-20-16/h2-9,11H,1H3,(H,22,25)(H,23,26). The zero-order valence-corrected chi connectivity index (χ0v) is 13.8. The number of hydrogen-bond donors (Lipinski definition) is 2. The highest BCUT2D eigenvalue weighted by Crippen LogP contribution is 2.20. The van der Waals surface area contributed by atoms with Gasteiger partial charge in [0.1, 0.15) is 11.6 Å². The van der Waals surface area contributed by atoms with Crippen LogP contribution in [0.4, 0.5) is 11.5 Å². The Balaban J connectivity index is 1.92. The summed E-state index contributed by atoms with van der Waals surface area (Å²) < 4.78 is 1.38. The first-order valence-electron chi connectivity index (χ1n) is 7.67. The zero-order chi connectivity index (χ0) is 18.5. The molecule has 0 aliphatic carbocycles. The number of amides is 2. The Kier molecular flexibility index (Phi) is 4.71. The van der Waals surface area contributed by atoms with Crippen molar-refractivity contribution in [3.63, 3.8) is 0 Å². The van der Waals surface area contributed by atoms with E-state index in [2.05, 4.69) is 20.7 Å². The molecular weight excluding hydrogens is 332 g/mol. The first kappa shape index (κ1) is 16.9. The van der Waals surface area contributed by atoms with Gasteiger partial charge < -0.3 is 10.6 Å². The van der Waals surface area contributed by atoms with E-state index < -0.39 is 5.91 Å². The number of pyridine rings is 1. The first-order valence-corrected chi connectivity index (χ1v) is 7.67. The lowest BCUT2D eigenvalue weighted by Crippen LogP contribution is -2.17. The molecule has 0 atom stereocenters. The SMILES string of the molecule is CC(=O)Nc1cccc(C(=O)Nc2c(C#N)cnn2-c2ccccn2)c1. The van der Waals surface area contributed by atoms with Gasteiger partial charge in [0.2, 0.25) is 5.91 Å². The number of rotatable bonds is 4. The van der Waals surface area contributed by atoms with Crippen molar-refractivity contribution >= 4 is 23.3 Å². The summed E-state index contributed by atoms with van der Waals surface area (Å²) >= 11 is 0. The zero-order valence-electron chi connectivity index (χ0n) is 13.8. The second kappa shape index (κ2) is 7.27. The maximum Gasteiger partial charge on any atom is 0.256 e. The highest BCUT2D eigenvalue weighted by atomic mass is 16.2. The third-order valence-electron chi connectivity index (χ3n) is 3.43. The molecule has 0 saturated heterocycles. The monoisotopic (exact) mass is 346 g/mol. The predicted octanol–water partition coefficient (Wildman–Crippen LogP) is 2.35. The number of carbonyl (C=O) groups is 2. The van der Waals surface area contributed by atoms with Crippen molar-refractivity contribution in [2.75, 3.05) is 10.6 Å². The maximum atomic E-state index is 12.6. The summed E-state index contributed by atoms with van der Waals surface area (Å²) in [6, 6.07) is 13.7. The lowest BCUT2D eigenvalue weighted by atomic mass is 10.2. The Morgan fingerprint density at radius 2 is 2.00 bits per heavy atom. The minimum Gasteiger partial charge on any atom is -0.326 e. The fraction of sp³-hybridized carbons (Fsp3) is 0.0556. The number of aromatic nitrogens is 3. The van der Waals surface area contributed by atoms with Crippen LogP contribution in [-0.2, 0) is 4.79 Å². The molecule has 0 aliphatic heterocycles. The molecule has 3 rings (SSSR count). The van der Waals surface area contributed by atoms with Crippen LogP contribution in [0, 0.1) is 11.3 Å². The molecular formula is C18H14N6O2. The Morgan fingerprint density at radius 1 is 1.15 bits per heavy atom. The van der Waals surface area contributed by atoms with Crippen molar-refractivity contribution < 1.29 is 9.59 Å². The number of nitriles is 1. The Bertz CT molecular complexity index is 1000. The van der Waals surface area contributed by atoms with Gasteiger partial charge >= 0.3 is 0 Å². The Morgan fingerprint density at radius 3 is 2.69 bits per heavy atom. The molecule has 0 unspecified atom stereocenters. The Labute approximate surface area is 149 Å². The topological polar surface area (TPSA) is 113 Å². The van der Waals surface area contributed by atoms with E-state index in [-0.39, 0.29) is 17.3 Å². The van der Waals surface area contributed by atoms with Crippen LogP contribution < -0.4 is 10.6 Å². The quantitative estimate of drug-likeness (QED) is 0.753. The molecule has 0 radical (unpaired) electrons. The van der Waals surface area contributed by atoms with E-state index in [0.29, 0.717) is 17.1 Å². The molecule has 0 fully saturated rings. The van der Waals surface area contributed by atoms with Crippen molar-refractivity contribution in [2.24, 2.45) is 0 Å². The molecule has 0 spiro atoms. The predicted molar refractivity (Wildman–Crippen MR) is 94.8 cm³/mol. The summed E-state index contributed by atoms with van der Waals surface area (Å²) in [5, 5.41) is 18.7. The van der Waals surface area contributed by atoms with Gasteiger partial charge in [0.15, 0.2) is 11.6 Å². The summed E-state index contributed by atoms with van der Waals surface area (Å²) in [4.78, 5) is 28.0. The van der Waals surface area contributed by atoms with Crippen molar-refractivity contribution in [2.45, 2.75) is 6.92 Å². The molecule has 0 saturated carbocycles. The highest BCUT2D eigenvalue weighted by molar-refractivity contribution is 6.05.